The van der Waals surface area contributed by atoms with Crippen LogP contribution in [0.2, 0.25) is 0 Å². The number of hydrogen-bond acceptors (Lipinski definition) is 1. The molecule has 0 saturated heterocycles. The lowest BCUT2D eigenvalue weighted by atomic mass is 9.77. The van der Waals surface area contributed by atoms with E-state index in [-0.39, 0.29) is 0 Å². The van der Waals surface area contributed by atoms with E-state index in [2.05, 4.69) is 13.8 Å². The van der Waals surface area contributed by atoms with Crippen molar-refractivity contribution in [2.75, 3.05) is 6.61 Å². The van der Waals surface area contributed by atoms with E-state index in [1.807, 2.05) is 24.3 Å². The molecule has 3 heteroatoms. The lowest BCUT2D eigenvalue weighted by Gasteiger charge is -2.28. The predicted molar refractivity (Wildman–Crippen MR) is 144 cm³/mol. The van der Waals surface area contributed by atoms with Crippen molar-refractivity contribution in [2.45, 2.75) is 110 Å². The van der Waals surface area contributed by atoms with E-state index in [4.69, 9.17) is 4.74 Å². The summed E-state index contributed by atoms with van der Waals surface area (Å²) in [5.41, 5.74) is 1.54. The van der Waals surface area contributed by atoms with Crippen LogP contribution in [0.4, 0.5) is 8.78 Å². The fourth-order valence-electron chi connectivity index (χ4n) is 5.57. The highest BCUT2D eigenvalue weighted by Crippen LogP contribution is 2.35. The summed E-state index contributed by atoms with van der Waals surface area (Å²) in [5.74, 6) is 0.684. The molecule has 0 heterocycles. The summed E-state index contributed by atoms with van der Waals surface area (Å²) in [6.07, 6.45) is 18.1. The van der Waals surface area contributed by atoms with Gasteiger partial charge in [-0.2, -0.15) is 0 Å². The number of ether oxygens (including phenoxy) is 1. The summed E-state index contributed by atoms with van der Waals surface area (Å²) in [7, 11) is 0. The molecule has 194 valence electrons. The van der Waals surface area contributed by atoms with Gasteiger partial charge in [0.05, 0.1) is 6.61 Å². The molecule has 35 heavy (non-hydrogen) atoms. The minimum Gasteiger partial charge on any atom is -0.494 e. The van der Waals surface area contributed by atoms with E-state index in [1.165, 1.54) is 70.6 Å². The van der Waals surface area contributed by atoms with Gasteiger partial charge >= 0.3 is 0 Å². The Morgan fingerprint density at radius 1 is 0.686 bits per heavy atom. The van der Waals surface area contributed by atoms with Crippen LogP contribution >= 0.6 is 0 Å². The first kappa shape index (κ1) is 27.7. The zero-order chi connectivity index (χ0) is 24.9. The van der Waals surface area contributed by atoms with Gasteiger partial charge in [-0.1, -0.05) is 109 Å². The van der Waals surface area contributed by atoms with Crippen molar-refractivity contribution >= 4 is 0 Å². The second-order valence-corrected chi connectivity index (χ2v) is 10.6. The molecular formula is C32H46F2O. The highest BCUT2D eigenvalue weighted by molar-refractivity contribution is 5.65. The number of rotatable bonds is 15. The SMILES string of the molecule is CCCCCCCCCCOc1ccc(-c2ccc(CC3CCC(CCC)CC3)c(F)c2F)cc1. The Balaban J connectivity index is 1.45. The lowest BCUT2D eigenvalue weighted by molar-refractivity contribution is 0.259. The van der Waals surface area contributed by atoms with Gasteiger partial charge in [0.1, 0.15) is 5.75 Å². The van der Waals surface area contributed by atoms with Crippen LogP contribution in [0.3, 0.4) is 0 Å². The molecule has 0 atom stereocenters. The molecule has 0 unspecified atom stereocenters. The zero-order valence-electron chi connectivity index (χ0n) is 22.1. The molecular weight excluding hydrogens is 438 g/mol. The molecule has 1 fully saturated rings. The Morgan fingerprint density at radius 3 is 1.97 bits per heavy atom. The van der Waals surface area contributed by atoms with Crippen LogP contribution in [0.5, 0.6) is 5.75 Å². The molecule has 1 aliphatic rings. The van der Waals surface area contributed by atoms with Crippen LogP contribution in [0.25, 0.3) is 11.1 Å². The van der Waals surface area contributed by atoms with Crippen LogP contribution in [0.1, 0.15) is 109 Å². The third kappa shape index (κ3) is 8.92. The number of benzene rings is 2. The zero-order valence-corrected chi connectivity index (χ0v) is 22.1. The van der Waals surface area contributed by atoms with Crippen LogP contribution < -0.4 is 4.74 Å². The van der Waals surface area contributed by atoms with Gasteiger partial charge in [0.15, 0.2) is 11.6 Å². The largest absolute Gasteiger partial charge is 0.494 e. The highest BCUT2D eigenvalue weighted by atomic mass is 19.2. The third-order valence-corrected chi connectivity index (χ3v) is 7.77. The Hall–Kier alpha value is -1.90. The Morgan fingerprint density at radius 2 is 1.31 bits per heavy atom. The van der Waals surface area contributed by atoms with Gasteiger partial charge in [-0.3, -0.25) is 0 Å². The lowest BCUT2D eigenvalue weighted by Crippen LogP contribution is -2.17. The summed E-state index contributed by atoms with van der Waals surface area (Å²) in [6.45, 7) is 5.19. The third-order valence-electron chi connectivity index (χ3n) is 7.77. The van der Waals surface area contributed by atoms with Gasteiger partial charge < -0.3 is 4.74 Å². The van der Waals surface area contributed by atoms with Crippen molar-refractivity contribution in [3.63, 3.8) is 0 Å². The first-order valence-corrected chi connectivity index (χ1v) is 14.3. The standard InChI is InChI=1S/C32H46F2O/c1-3-5-6-7-8-9-10-11-23-35-29-20-17-27(18-21-29)30-22-19-28(31(33)32(30)34)24-26-15-13-25(12-4-2)14-16-26/h17-22,25-26H,3-16,23-24H2,1-2H3. The van der Waals surface area contributed by atoms with Crippen LogP contribution in [-0.4, -0.2) is 6.61 Å². The second-order valence-electron chi connectivity index (χ2n) is 10.6. The van der Waals surface area contributed by atoms with Crippen molar-refractivity contribution in [1.82, 2.24) is 0 Å². The average Bonchev–Trinajstić information content (AvgIpc) is 2.88. The smallest absolute Gasteiger partial charge is 0.166 e. The van der Waals surface area contributed by atoms with Gasteiger partial charge in [0.2, 0.25) is 0 Å². The normalized spacial score (nSPS) is 18.1. The molecule has 0 bridgehead atoms. The highest BCUT2D eigenvalue weighted by Gasteiger charge is 2.23. The first-order chi connectivity index (χ1) is 17.1. The maximum Gasteiger partial charge on any atom is 0.166 e. The monoisotopic (exact) mass is 484 g/mol. The summed E-state index contributed by atoms with van der Waals surface area (Å²) >= 11 is 0. The van der Waals surface area contributed by atoms with Gasteiger partial charge in [0.25, 0.3) is 0 Å². The summed E-state index contributed by atoms with van der Waals surface area (Å²) in [4.78, 5) is 0. The van der Waals surface area contributed by atoms with Crippen LogP contribution in [0, 0.1) is 23.5 Å². The predicted octanol–water partition coefficient (Wildman–Crippen LogP) is 10.3. The number of hydrogen-bond donors (Lipinski definition) is 0. The van der Waals surface area contributed by atoms with Crippen molar-refractivity contribution < 1.29 is 13.5 Å². The number of halogens is 2. The molecule has 1 nitrogen and oxygen atoms in total. The Bertz CT molecular complexity index is 853. The molecule has 0 N–H and O–H groups in total. The fraction of sp³-hybridized carbons (Fsp3) is 0.625. The van der Waals surface area contributed by atoms with Gasteiger partial charge in [0, 0.05) is 5.56 Å². The molecule has 2 aromatic carbocycles. The molecule has 1 aliphatic carbocycles. The van der Waals surface area contributed by atoms with E-state index < -0.39 is 11.6 Å². The van der Waals surface area contributed by atoms with Crippen LogP contribution in [0.15, 0.2) is 36.4 Å². The average molecular weight is 485 g/mol. The molecule has 0 aliphatic heterocycles. The minimum absolute atomic E-state index is 0.326. The van der Waals surface area contributed by atoms with E-state index in [9.17, 15) is 8.78 Å². The summed E-state index contributed by atoms with van der Waals surface area (Å²) in [5, 5.41) is 0. The molecule has 0 aromatic heterocycles. The summed E-state index contributed by atoms with van der Waals surface area (Å²) in [6, 6.07) is 10.9. The van der Waals surface area contributed by atoms with E-state index in [0.29, 0.717) is 35.6 Å². The van der Waals surface area contributed by atoms with Gasteiger partial charge in [-0.25, -0.2) is 8.78 Å². The first-order valence-electron chi connectivity index (χ1n) is 14.3. The fourth-order valence-corrected chi connectivity index (χ4v) is 5.57. The van der Waals surface area contributed by atoms with Crippen molar-refractivity contribution in [3.8, 4) is 16.9 Å². The molecule has 0 radical (unpaired) electrons. The Labute approximate surface area is 212 Å². The maximum absolute atomic E-state index is 15.0. The van der Waals surface area contributed by atoms with Gasteiger partial charge in [-0.05, 0) is 60.8 Å². The molecule has 0 amide bonds. The van der Waals surface area contributed by atoms with Crippen LogP contribution in [-0.2, 0) is 6.42 Å². The van der Waals surface area contributed by atoms with Crippen molar-refractivity contribution in [1.29, 1.82) is 0 Å². The maximum atomic E-state index is 15.0. The van der Waals surface area contributed by atoms with E-state index in [0.717, 1.165) is 30.9 Å². The quantitative estimate of drug-likeness (QED) is 0.228. The minimum atomic E-state index is -0.727. The Kier molecular flexibility index (Phi) is 12.1. The van der Waals surface area contributed by atoms with Crippen molar-refractivity contribution in [3.05, 3.63) is 53.6 Å². The second kappa shape index (κ2) is 15.3. The molecule has 0 spiro atoms. The van der Waals surface area contributed by atoms with Gasteiger partial charge in [-0.15, -0.1) is 0 Å². The molecule has 2 aromatic rings. The summed E-state index contributed by atoms with van der Waals surface area (Å²) < 4.78 is 35.8. The topological polar surface area (TPSA) is 9.23 Å². The molecule has 1 saturated carbocycles. The molecule has 3 rings (SSSR count). The van der Waals surface area contributed by atoms with E-state index in [1.54, 1.807) is 12.1 Å². The van der Waals surface area contributed by atoms with E-state index >= 15 is 0 Å². The van der Waals surface area contributed by atoms with Crippen molar-refractivity contribution in [2.24, 2.45) is 11.8 Å². The number of unbranched alkanes of at least 4 members (excludes halogenated alkanes) is 7.